The molecule has 0 radical (unpaired) electrons. The van der Waals surface area contributed by atoms with Crippen LogP contribution < -0.4 is 0 Å². The molecule has 2 rings (SSSR count). The number of fused-ring (bicyclic) bond motifs is 1. The molecule has 0 saturated carbocycles. The summed E-state index contributed by atoms with van der Waals surface area (Å²) in [6.45, 7) is 3.80. The second-order valence-corrected chi connectivity index (χ2v) is 7.49. The zero-order valence-electron chi connectivity index (χ0n) is 11.0. The van der Waals surface area contributed by atoms with Crippen molar-refractivity contribution >= 4 is 20.7 Å². The van der Waals surface area contributed by atoms with Crippen molar-refractivity contribution in [3.63, 3.8) is 0 Å². The molecule has 0 bridgehead atoms. The van der Waals surface area contributed by atoms with Gasteiger partial charge in [0.25, 0.3) is 0 Å². The second kappa shape index (κ2) is 5.06. The molecule has 0 spiro atoms. The first-order valence-corrected chi connectivity index (χ1v) is 7.86. The summed E-state index contributed by atoms with van der Waals surface area (Å²) in [6, 6.07) is 9.45. The van der Waals surface area contributed by atoms with Gasteiger partial charge in [-0.25, -0.2) is 8.42 Å². The summed E-state index contributed by atoms with van der Waals surface area (Å²) < 4.78 is 25.5. The molecule has 0 aliphatic rings. The molecule has 19 heavy (non-hydrogen) atoms. The van der Waals surface area contributed by atoms with Crippen LogP contribution >= 0.6 is 0 Å². The summed E-state index contributed by atoms with van der Waals surface area (Å²) in [4.78, 5) is 0. The van der Waals surface area contributed by atoms with Crippen LogP contribution in [-0.4, -0.2) is 24.0 Å². The van der Waals surface area contributed by atoms with Gasteiger partial charge >= 0.3 is 0 Å². The third kappa shape index (κ3) is 2.79. The molecular formula is C14H16N2O2S. The highest BCUT2D eigenvalue weighted by Gasteiger charge is 2.16. The van der Waals surface area contributed by atoms with Crippen LogP contribution in [0.3, 0.4) is 0 Å². The van der Waals surface area contributed by atoms with Gasteiger partial charge in [0.05, 0.1) is 22.6 Å². The Balaban J connectivity index is 2.29. The zero-order chi connectivity index (χ0) is 14.0. The van der Waals surface area contributed by atoms with Crippen molar-refractivity contribution in [3.05, 3.63) is 36.0 Å². The van der Waals surface area contributed by atoms with E-state index in [0.717, 1.165) is 10.9 Å². The molecular weight excluding hydrogens is 260 g/mol. The number of rotatable bonds is 4. The fraction of sp³-hybridized carbons (Fsp3) is 0.357. The van der Waals surface area contributed by atoms with E-state index in [-0.39, 0.29) is 11.0 Å². The second-order valence-electron chi connectivity index (χ2n) is 4.81. The largest absolute Gasteiger partial charge is 0.346 e. The van der Waals surface area contributed by atoms with Crippen molar-refractivity contribution in [2.24, 2.45) is 0 Å². The number of hydrogen-bond donors (Lipinski definition) is 0. The Morgan fingerprint density at radius 1 is 1.32 bits per heavy atom. The highest BCUT2D eigenvalue weighted by molar-refractivity contribution is 7.91. The molecule has 0 N–H and O–H groups in total. The Bertz CT molecular complexity index is 736. The Morgan fingerprint density at radius 3 is 2.68 bits per heavy atom. The fourth-order valence-corrected chi connectivity index (χ4v) is 2.83. The smallest absolute Gasteiger partial charge is 0.154 e. The van der Waals surface area contributed by atoms with E-state index in [0.29, 0.717) is 12.1 Å². The first-order valence-electron chi connectivity index (χ1n) is 6.14. The minimum Gasteiger partial charge on any atom is -0.346 e. The Hall–Kier alpha value is -1.80. The van der Waals surface area contributed by atoms with Crippen LogP contribution in [0.15, 0.2) is 30.5 Å². The number of aryl methyl sites for hydroxylation is 1. The SMILES string of the molecule is CC(C)S(=O)(=O)CCn1ccc2ccc(C#N)cc21. The third-order valence-electron chi connectivity index (χ3n) is 3.24. The van der Waals surface area contributed by atoms with Crippen molar-refractivity contribution in [2.75, 3.05) is 5.75 Å². The molecule has 0 aliphatic heterocycles. The van der Waals surface area contributed by atoms with Gasteiger partial charge in [0, 0.05) is 18.3 Å². The van der Waals surface area contributed by atoms with Crippen LogP contribution in [0.5, 0.6) is 0 Å². The molecule has 5 heteroatoms. The minimum absolute atomic E-state index is 0.116. The lowest BCUT2D eigenvalue weighted by Crippen LogP contribution is -2.20. The maximum Gasteiger partial charge on any atom is 0.154 e. The first kappa shape index (κ1) is 13.6. The van der Waals surface area contributed by atoms with E-state index in [1.165, 1.54) is 0 Å². The van der Waals surface area contributed by atoms with Gasteiger partial charge in [-0.15, -0.1) is 0 Å². The Morgan fingerprint density at radius 2 is 2.05 bits per heavy atom. The van der Waals surface area contributed by atoms with Gasteiger partial charge in [-0.1, -0.05) is 6.07 Å². The zero-order valence-corrected chi connectivity index (χ0v) is 11.8. The van der Waals surface area contributed by atoms with E-state index in [2.05, 4.69) is 6.07 Å². The van der Waals surface area contributed by atoms with Crippen molar-refractivity contribution < 1.29 is 8.42 Å². The molecule has 4 nitrogen and oxygen atoms in total. The van der Waals surface area contributed by atoms with Gasteiger partial charge in [-0.05, 0) is 37.4 Å². The van der Waals surface area contributed by atoms with Crippen molar-refractivity contribution in [1.29, 1.82) is 5.26 Å². The molecule has 0 saturated heterocycles. The van der Waals surface area contributed by atoms with Gasteiger partial charge in [0.1, 0.15) is 0 Å². The highest BCUT2D eigenvalue weighted by Crippen LogP contribution is 2.18. The standard InChI is InChI=1S/C14H16N2O2S/c1-11(2)19(17,18)8-7-16-6-5-13-4-3-12(10-15)9-14(13)16/h3-6,9,11H,7-8H2,1-2H3. The van der Waals surface area contributed by atoms with Gasteiger partial charge in [0.15, 0.2) is 9.84 Å². The summed E-state index contributed by atoms with van der Waals surface area (Å²) in [7, 11) is -3.04. The lowest BCUT2D eigenvalue weighted by molar-refractivity contribution is 0.581. The van der Waals surface area contributed by atoms with Crippen LogP contribution in [0.25, 0.3) is 10.9 Å². The average Bonchev–Trinajstić information content (AvgIpc) is 2.78. The molecule has 1 aromatic carbocycles. The molecule has 0 atom stereocenters. The van der Waals surface area contributed by atoms with Crippen LogP contribution in [0.1, 0.15) is 19.4 Å². The van der Waals surface area contributed by atoms with E-state index in [4.69, 9.17) is 5.26 Å². The van der Waals surface area contributed by atoms with Crippen molar-refractivity contribution in [3.8, 4) is 6.07 Å². The van der Waals surface area contributed by atoms with E-state index < -0.39 is 9.84 Å². The minimum atomic E-state index is -3.04. The van der Waals surface area contributed by atoms with E-state index >= 15 is 0 Å². The third-order valence-corrected chi connectivity index (χ3v) is 5.43. The Labute approximate surface area is 113 Å². The molecule has 2 aromatic rings. The van der Waals surface area contributed by atoms with Crippen molar-refractivity contribution in [1.82, 2.24) is 4.57 Å². The van der Waals surface area contributed by atoms with Crippen LogP contribution in [0.4, 0.5) is 0 Å². The van der Waals surface area contributed by atoms with Gasteiger partial charge in [0.2, 0.25) is 0 Å². The summed E-state index contributed by atoms with van der Waals surface area (Å²) in [5.41, 5.74) is 1.48. The van der Waals surface area contributed by atoms with Gasteiger partial charge in [-0.2, -0.15) is 5.26 Å². The van der Waals surface area contributed by atoms with Gasteiger partial charge < -0.3 is 4.57 Å². The predicted octanol–water partition coefficient (Wildman–Crippen LogP) is 2.34. The number of nitrogens with zero attached hydrogens (tertiary/aromatic N) is 2. The maximum absolute atomic E-state index is 11.8. The monoisotopic (exact) mass is 276 g/mol. The quantitative estimate of drug-likeness (QED) is 0.861. The van der Waals surface area contributed by atoms with Crippen LogP contribution in [0, 0.1) is 11.3 Å². The first-order chi connectivity index (χ1) is 8.94. The lowest BCUT2D eigenvalue weighted by atomic mass is 10.2. The van der Waals surface area contributed by atoms with Gasteiger partial charge in [-0.3, -0.25) is 0 Å². The fourth-order valence-electron chi connectivity index (χ4n) is 1.91. The number of hydrogen-bond acceptors (Lipinski definition) is 3. The number of benzene rings is 1. The van der Waals surface area contributed by atoms with Crippen LogP contribution in [0.2, 0.25) is 0 Å². The Kier molecular flexibility index (Phi) is 3.63. The number of nitriles is 1. The van der Waals surface area contributed by atoms with Crippen molar-refractivity contribution in [2.45, 2.75) is 25.6 Å². The number of aromatic nitrogens is 1. The molecule has 0 amide bonds. The summed E-state index contributed by atoms with van der Waals surface area (Å²) in [6.07, 6.45) is 1.86. The van der Waals surface area contributed by atoms with E-state index in [1.807, 2.05) is 22.9 Å². The molecule has 0 fully saturated rings. The molecule has 0 aliphatic carbocycles. The maximum atomic E-state index is 11.8. The molecule has 1 aromatic heterocycles. The highest BCUT2D eigenvalue weighted by atomic mass is 32.2. The van der Waals surface area contributed by atoms with E-state index in [9.17, 15) is 8.42 Å². The predicted molar refractivity (Wildman–Crippen MR) is 75.6 cm³/mol. The molecule has 1 heterocycles. The van der Waals surface area contributed by atoms with E-state index in [1.54, 1.807) is 26.0 Å². The van der Waals surface area contributed by atoms with Crippen LogP contribution in [-0.2, 0) is 16.4 Å². The topological polar surface area (TPSA) is 62.9 Å². The summed E-state index contributed by atoms with van der Waals surface area (Å²) >= 11 is 0. The summed E-state index contributed by atoms with van der Waals surface area (Å²) in [5.74, 6) is 0.116. The lowest BCUT2D eigenvalue weighted by Gasteiger charge is -2.09. The number of sulfone groups is 1. The normalized spacial score (nSPS) is 11.9. The molecule has 0 unspecified atom stereocenters. The molecule has 100 valence electrons. The average molecular weight is 276 g/mol. The summed E-state index contributed by atoms with van der Waals surface area (Å²) in [5, 5.41) is 9.56.